The molecule has 1 amide bonds. The van der Waals surface area contributed by atoms with E-state index >= 15 is 8.78 Å². The zero-order valence-corrected chi connectivity index (χ0v) is 20.6. The molecule has 194 valence electrons. The molecular formula is C29H35F2NO4. The molecule has 0 spiro atoms. The topological polar surface area (TPSA) is 89.8 Å². The second-order valence-electron chi connectivity index (χ2n) is 11.3. The molecule has 0 aromatic heterocycles. The molecule has 5 rings (SSSR count). The van der Waals surface area contributed by atoms with Gasteiger partial charge in [-0.15, -0.1) is 0 Å². The molecule has 5 nitrogen and oxygen atoms in total. The molecule has 0 bridgehead atoms. The highest BCUT2D eigenvalue weighted by atomic mass is 19.3. The Morgan fingerprint density at radius 3 is 2.67 bits per heavy atom. The smallest absolute Gasteiger partial charge is 0.253 e. The summed E-state index contributed by atoms with van der Waals surface area (Å²) < 4.78 is 30.9. The summed E-state index contributed by atoms with van der Waals surface area (Å²) in [5.41, 5.74) is 2.04. The van der Waals surface area contributed by atoms with Gasteiger partial charge in [0.2, 0.25) is 5.91 Å². The van der Waals surface area contributed by atoms with E-state index in [1.807, 2.05) is 12.1 Å². The van der Waals surface area contributed by atoms with Gasteiger partial charge < -0.3 is 20.6 Å². The van der Waals surface area contributed by atoms with Gasteiger partial charge in [0.1, 0.15) is 5.75 Å². The molecule has 4 N–H and O–H groups in total. The number of fused-ring (bicyclic) bond motifs is 5. The van der Waals surface area contributed by atoms with Crippen LogP contribution in [0.15, 0.2) is 36.4 Å². The van der Waals surface area contributed by atoms with E-state index in [-0.39, 0.29) is 66.2 Å². The van der Waals surface area contributed by atoms with E-state index in [0.29, 0.717) is 24.8 Å². The summed E-state index contributed by atoms with van der Waals surface area (Å²) in [4.78, 5) is 12.4. The van der Waals surface area contributed by atoms with E-state index in [1.54, 1.807) is 19.1 Å². The van der Waals surface area contributed by atoms with Crippen molar-refractivity contribution in [2.24, 2.45) is 23.2 Å². The number of nitrogens with one attached hydrogen (secondary N) is 1. The van der Waals surface area contributed by atoms with Crippen molar-refractivity contribution in [2.75, 3.05) is 0 Å². The van der Waals surface area contributed by atoms with Crippen LogP contribution < -0.4 is 5.32 Å². The normalized spacial score (nSPS) is 30.2. The van der Waals surface area contributed by atoms with Crippen LogP contribution in [0.25, 0.3) is 0 Å². The van der Waals surface area contributed by atoms with Gasteiger partial charge >= 0.3 is 0 Å². The number of hydrogen-bond acceptors (Lipinski definition) is 4. The van der Waals surface area contributed by atoms with E-state index in [2.05, 4.69) is 5.32 Å². The van der Waals surface area contributed by atoms with Crippen LogP contribution in [0.3, 0.4) is 0 Å². The minimum Gasteiger partial charge on any atom is -0.508 e. The molecule has 5 atom stereocenters. The number of amides is 1. The number of hydrogen-bond donors (Lipinski definition) is 4. The molecule has 2 fully saturated rings. The molecular weight excluding hydrogens is 464 g/mol. The van der Waals surface area contributed by atoms with Crippen molar-refractivity contribution in [1.29, 1.82) is 0 Å². The van der Waals surface area contributed by atoms with Gasteiger partial charge in [0, 0.05) is 24.8 Å². The minimum absolute atomic E-state index is 0.0729. The Bertz CT molecular complexity index is 1150. The van der Waals surface area contributed by atoms with E-state index in [4.69, 9.17) is 0 Å². The number of carbonyl (C=O) groups excluding carboxylic acids is 1. The van der Waals surface area contributed by atoms with Gasteiger partial charge in [0.05, 0.1) is 0 Å². The lowest BCUT2D eigenvalue weighted by Crippen LogP contribution is -2.47. The molecule has 7 heteroatoms. The fourth-order valence-electron chi connectivity index (χ4n) is 7.58. The monoisotopic (exact) mass is 499 g/mol. The third kappa shape index (κ3) is 4.31. The average Bonchev–Trinajstić information content (AvgIpc) is 3.04. The van der Waals surface area contributed by atoms with Crippen LogP contribution in [0, 0.1) is 23.2 Å². The summed E-state index contributed by atoms with van der Waals surface area (Å²) in [6, 6.07) is 9.94. The van der Waals surface area contributed by atoms with Crippen molar-refractivity contribution >= 4 is 5.91 Å². The number of phenols is 3. The van der Waals surface area contributed by atoms with Crippen molar-refractivity contribution in [1.82, 2.24) is 5.32 Å². The second-order valence-corrected chi connectivity index (χ2v) is 11.3. The Balaban J connectivity index is 1.23. The summed E-state index contributed by atoms with van der Waals surface area (Å²) in [5, 5.41) is 31.7. The summed E-state index contributed by atoms with van der Waals surface area (Å²) in [6.45, 7) is 2.02. The average molecular weight is 500 g/mol. The predicted molar refractivity (Wildman–Crippen MR) is 132 cm³/mol. The van der Waals surface area contributed by atoms with Crippen LogP contribution in [0.1, 0.15) is 74.5 Å². The van der Waals surface area contributed by atoms with Crippen molar-refractivity contribution in [3.05, 3.63) is 53.1 Å². The summed E-state index contributed by atoms with van der Waals surface area (Å²) in [5.74, 6) is -2.76. The third-order valence-electron chi connectivity index (χ3n) is 9.33. The second kappa shape index (κ2) is 9.24. The van der Waals surface area contributed by atoms with E-state index in [1.165, 1.54) is 17.7 Å². The summed E-state index contributed by atoms with van der Waals surface area (Å²) in [6.07, 6.45) is 4.27. The van der Waals surface area contributed by atoms with Crippen LogP contribution >= 0.6 is 0 Å². The molecule has 36 heavy (non-hydrogen) atoms. The molecule has 4 unspecified atom stereocenters. The van der Waals surface area contributed by atoms with Gasteiger partial charge in [0.15, 0.2) is 11.5 Å². The van der Waals surface area contributed by atoms with Crippen molar-refractivity contribution in [3.63, 3.8) is 0 Å². The molecule has 0 heterocycles. The van der Waals surface area contributed by atoms with E-state index < -0.39 is 11.3 Å². The van der Waals surface area contributed by atoms with Gasteiger partial charge in [-0.05, 0) is 103 Å². The molecule has 0 aliphatic heterocycles. The first-order valence-corrected chi connectivity index (χ1v) is 13.1. The Labute approximate surface area is 210 Å². The van der Waals surface area contributed by atoms with Gasteiger partial charge in [-0.2, -0.15) is 0 Å². The first kappa shape index (κ1) is 24.8. The van der Waals surface area contributed by atoms with Gasteiger partial charge in [-0.25, -0.2) is 8.78 Å². The van der Waals surface area contributed by atoms with Crippen LogP contribution in [-0.4, -0.2) is 27.1 Å². The Morgan fingerprint density at radius 1 is 1.08 bits per heavy atom. The third-order valence-corrected chi connectivity index (χ3v) is 9.33. The molecule has 3 aliphatic rings. The van der Waals surface area contributed by atoms with Crippen molar-refractivity contribution in [2.45, 2.75) is 76.7 Å². The molecule has 2 aromatic carbocycles. The lowest BCUT2D eigenvalue weighted by atomic mass is 9.53. The molecule has 2 aromatic rings. The number of phenolic OH excluding ortho intramolecular Hbond substituents is 3. The lowest BCUT2D eigenvalue weighted by Gasteiger charge is -2.51. The van der Waals surface area contributed by atoms with Crippen LogP contribution in [-0.2, 0) is 17.8 Å². The van der Waals surface area contributed by atoms with Crippen LogP contribution in [0.2, 0.25) is 0 Å². The number of carbonyl (C=O) groups is 1. The van der Waals surface area contributed by atoms with Crippen molar-refractivity contribution in [3.8, 4) is 17.2 Å². The Hall–Kier alpha value is -2.83. The number of rotatable bonds is 6. The van der Waals surface area contributed by atoms with Crippen LogP contribution in [0.5, 0.6) is 17.2 Å². The number of aromatic hydroxyl groups is 3. The highest BCUT2D eigenvalue weighted by Crippen LogP contribution is 2.68. The summed E-state index contributed by atoms with van der Waals surface area (Å²) in [7, 11) is 0. The zero-order valence-electron chi connectivity index (χ0n) is 20.6. The molecule has 0 radical (unpaired) electrons. The maximum absolute atomic E-state index is 15.4. The fraction of sp³-hybridized carbons (Fsp3) is 0.552. The zero-order chi connectivity index (χ0) is 25.7. The van der Waals surface area contributed by atoms with Gasteiger partial charge in [-0.3, -0.25) is 4.79 Å². The van der Waals surface area contributed by atoms with Crippen molar-refractivity contribution < 1.29 is 28.9 Å². The quantitative estimate of drug-likeness (QED) is 0.367. The highest BCUT2D eigenvalue weighted by molar-refractivity contribution is 5.75. The first-order chi connectivity index (χ1) is 17.1. The first-order valence-electron chi connectivity index (χ1n) is 13.1. The van der Waals surface area contributed by atoms with Gasteiger partial charge in [0.25, 0.3) is 5.92 Å². The highest BCUT2D eigenvalue weighted by Gasteiger charge is 2.67. The van der Waals surface area contributed by atoms with E-state index in [0.717, 1.165) is 24.8 Å². The Morgan fingerprint density at radius 2 is 1.89 bits per heavy atom. The number of alkyl halides is 2. The summed E-state index contributed by atoms with van der Waals surface area (Å²) >= 11 is 0. The maximum atomic E-state index is 15.4. The number of aryl methyl sites for hydroxylation is 1. The Kier molecular flexibility index (Phi) is 6.38. The van der Waals surface area contributed by atoms with E-state index in [9.17, 15) is 20.1 Å². The maximum Gasteiger partial charge on any atom is 0.253 e. The molecule has 0 saturated heterocycles. The standard InChI is InChI=1S/C29H35F2NO4/c1-28-12-11-22-21-9-7-20(33)14-18(21)6-8-23(22)27(28)19(15-29(28,30)31)3-2-4-26(36)32-16-17-5-10-24(34)25(35)13-17/h5,7,9-10,13-14,19,22-23,27,33-35H,2-4,6,8,11-12,15-16H2,1H3,(H,32,36)/t19?,22?,23?,27?,28-/m0/s1. The van der Waals surface area contributed by atoms with Crippen LogP contribution in [0.4, 0.5) is 8.78 Å². The molecule has 3 aliphatic carbocycles. The van der Waals surface area contributed by atoms with Gasteiger partial charge in [-0.1, -0.05) is 19.1 Å². The number of halogens is 2. The SMILES string of the molecule is C[C@]12CCC3c4ccc(O)cc4CCC3C1C(CCCC(=O)NCc1ccc(O)c(O)c1)CC2(F)F. The minimum atomic E-state index is -2.70. The lowest BCUT2D eigenvalue weighted by molar-refractivity contribution is -0.133. The fourth-order valence-corrected chi connectivity index (χ4v) is 7.58. The predicted octanol–water partition coefficient (Wildman–Crippen LogP) is 6.01. The molecule has 2 saturated carbocycles. The number of benzene rings is 2. The largest absolute Gasteiger partial charge is 0.508 e.